The number of nitrogens with zero attached hydrogens (tertiary/aromatic N) is 2. The van der Waals surface area contributed by atoms with Crippen LogP contribution >= 0.6 is 11.6 Å². The first-order valence-corrected chi connectivity index (χ1v) is 6.32. The van der Waals surface area contributed by atoms with E-state index < -0.39 is 0 Å². The summed E-state index contributed by atoms with van der Waals surface area (Å²) in [5.74, 6) is 0.787. The average Bonchev–Trinajstić information content (AvgIpc) is 2.85. The molecular formula is C12H15ClN2O. The van der Waals surface area contributed by atoms with E-state index in [2.05, 4.69) is 16.9 Å². The van der Waals surface area contributed by atoms with Crippen molar-refractivity contribution in [3.8, 4) is 0 Å². The number of ether oxygens (including phenoxy) is 1. The standard InChI is InChI=1S/C12H15ClN2O/c1-7-5-6-10(16-7)12-14-9-4-2-3-8(9)11(13)15-12/h7,10H,2-6H2,1H3. The van der Waals surface area contributed by atoms with Crippen LogP contribution in [0, 0.1) is 0 Å². The van der Waals surface area contributed by atoms with Crippen molar-refractivity contribution >= 4 is 11.6 Å². The summed E-state index contributed by atoms with van der Waals surface area (Å²) in [5.41, 5.74) is 2.29. The molecular weight excluding hydrogens is 224 g/mol. The van der Waals surface area contributed by atoms with E-state index in [1.807, 2.05) is 0 Å². The van der Waals surface area contributed by atoms with Gasteiger partial charge in [-0.25, -0.2) is 9.97 Å². The quantitative estimate of drug-likeness (QED) is 0.706. The van der Waals surface area contributed by atoms with Gasteiger partial charge in [-0.2, -0.15) is 0 Å². The third kappa shape index (κ3) is 1.72. The molecule has 1 fully saturated rings. The zero-order valence-corrected chi connectivity index (χ0v) is 10.1. The minimum Gasteiger partial charge on any atom is -0.367 e. The van der Waals surface area contributed by atoms with Gasteiger partial charge in [-0.15, -0.1) is 0 Å². The Bertz CT molecular complexity index is 422. The lowest BCUT2D eigenvalue weighted by Gasteiger charge is -2.11. The SMILES string of the molecule is CC1CCC(c2nc(Cl)c3c(n2)CCC3)O1. The van der Waals surface area contributed by atoms with Crippen LogP contribution in [0.4, 0.5) is 0 Å². The first-order chi connectivity index (χ1) is 7.74. The third-order valence-electron chi connectivity index (χ3n) is 3.42. The highest BCUT2D eigenvalue weighted by Gasteiger charge is 2.28. The van der Waals surface area contributed by atoms with E-state index in [1.54, 1.807) is 0 Å². The molecule has 1 aliphatic heterocycles. The molecule has 0 amide bonds. The maximum Gasteiger partial charge on any atom is 0.159 e. The first kappa shape index (κ1) is 10.5. The van der Waals surface area contributed by atoms with Crippen molar-refractivity contribution in [3.05, 3.63) is 22.2 Å². The molecule has 1 saturated heterocycles. The summed E-state index contributed by atoms with van der Waals surface area (Å²) in [6.45, 7) is 2.09. The van der Waals surface area contributed by atoms with Gasteiger partial charge in [-0.1, -0.05) is 11.6 Å². The van der Waals surface area contributed by atoms with Crippen LogP contribution in [0.2, 0.25) is 5.15 Å². The first-order valence-electron chi connectivity index (χ1n) is 5.94. The van der Waals surface area contributed by atoms with Gasteiger partial charge >= 0.3 is 0 Å². The molecule has 0 radical (unpaired) electrons. The Labute approximate surface area is 100 Å². The van der Waals surface area contributed by atoms with Crippen molar-refractivity contribution in [3.63, 3.8) is 0 Å². The number of hydrogen-bond acceptors (Lipinski definition) is 3. The van der Waals surface area contributed by atoms with Crippen molar-refractivity contribution in [1.29, 1.82) is 0 Å². The van der Waals surface area contributed by atoms with Crippen molar-refractivity contribution in [2.75, 3.05) is 0 Å². The second kappa shape index (κ2) is 3.97. The number of rotatable bonds is 1. The molecule has 2 atom stereocenters. The topological polar surface area (TPSA) is 35.0 Å². The van der Waals surface area contributed by atoms with Crippen molar-refractivity contribution in [1.82, 2.24) is 9.97 Å². The second-order valence-corrected chi connectivity index (χ2v) is 5.02. The number of halogens is 1. The van der Waals surface area contributed by atoms with Crippen LogP contribution in [0.3, 0.4) is 0 Å². The van der Waals surface area contributed by atoms with E-state index in [-0.39, 0.29) is 6.10 Å². The number of hydrogen-bond donors (Lipinski definition) is 0. The Hall–Kier alpha value is -0.670. The maximum absolute atomic E-state index is 6.18. The molecule has 0 aromatic carbocycles. The minimum atomic E-state index is 0.0541. The predicted octanol–water partition coefficient (Wildman–Crippen LogP) is 2.86. The highest BCUT2D eigenvalue weighted by atomic mass is 35.5. The maximum atomic E-state index is 6.18. The smallest absolute Gasteiger partial charge is 0.159 e. The minimum absolute atomic E-state index is 0.0541. The normalized spacial score (nSPS) is 28.4. The van der Waals surface area contributed by atoms with Gasteiger partial charge in [0.15, 0.2) is 5.82 Å². The molecule has 3 nitrogen and oxygen atoms in total. The van der Waals surface area contributed by atoms with Crippen LogP contribution in [-0.4, -0.2) is 16.1 Å². The Morgan fingerprint density at radius 2 is 2.12 bits per heavy atom. The predicted molar refractivity (Wildman–Crippen MR) is 61.6 cm³/mol. The molecule has 0 bridgehead atoms. The molecule has 1 aromatic rings. The summed E-state index contributed by atoms with van der Waals surface area (Å²) in [5, 5.41) is 0.639. The fraction of sp³-hybridized carbons (Fsp3) is 0.667. The van der Waals surface area contributed by atoms with Crippen LogP contribution < -0.4 is 0 Å². The lowest BCUT2D eigenvalue weighted by molar-refractivity contribution is 0.0501. The van der Waals surface area contributed by atoms with E-state index in [4.69, 9.17) is 16.3 Å². The summed E-state index contributed by atoms with van der Waals surface area (Å²) >= 11 is 6.18. The van der Waals surface area contributed by atoms with Crippen LogP contribution in [0.5, 0.6) is 0 Å². The van der Waals surface area contributed by atoms with Gasteiger partial charge in [0.1, 0.15) is 11.3 Å². The molecule has 2 aliphatic rings. The fourth-order valence-corrected chi connectivity index (χ4v) is 2.83. The number of aryl methyl sites for hydroxylation is 1. The van der Waals surface area contributed by atoms with Crippen molar-refractivity contribution < 1.29 is 4.74 Å². The molecule has 0 saturated carbocycles. The molecule has 1 aromatic heterocycles. The molecule has 1 aliphatic carbocycles. The largest absolute Gasteiger partial charge is 0.367 e. The van der Waals surface area contributed by atoms with E-state index in [9.17, 15) is 0 Å². The summed E-state index contributed by atoms with van der Waals surface area (Å²) in [4.78, 5) is 9.00. The molecule has 4 heteroatoms. The molecule has 0 spiro atoms. The Kier molecular flexibility index (Phi) is 2.60. The molecule has 0 N–H and O–H groups in total. The Morgan fingerprint density at radius 3 is 2.88 bits per heavy atom. The van der Waals surface area contributed by atoms with Gasteiger partial charge in [0.2, 0.25) is 0 Å². The van der Waals surface area contributed by atoms with Crippen LogP contribution in [0.15, 0.2) is 0 Å². The van der Waals surface area contributed by atoms with Crippen molar-refractivity contribution in [2.45, 2.75) is 51.2 Å². The van der Waals surface area contributed by atoms with E-state index in [0.717, 1.165) is 49.2 Å². The summed E-state index contributed by atoms with van der Waals surface area (Å²) in [6.07, 6.45) is 5.68. The average molecular weight is 239 g/mol. The molecule has 3 rings (SSSR count). The van der Waals surface area contributed by atoms with E-state index in [0.29, 0.717) is 11.3 Å². The lowest BCUT2D eigenvalue weighted by atomic mass is 10.2. The van der Waals surface area contributed by atoms with Gasteiger partial charge in [0.25, 0.3) is 0 Å². The fourth-order valence-electron chi connectivity index (χ4n) is 2.54. The number of fused-ring (bicyclic) bond motifs is 1. The molecule has 86 valence electrons. The van der Waals surface area contributed by atoms with E-state index in [1.165, 1.54) is 0 Å². The Morgan fingerprint density at radius 1 is 1.25 bits per heavy atom. The van der Waals surface area contributed by atoms with E-state index >= 15 is 0 Å². The summed E-state index contributed by atoms with van der Waals surface area (Å²) in [6, 6.07) is 0. The zero-order chi connectivity index (χ0) is 11.1. The second-order valence-electron chi connectivity index (χ2n) is 4.66. The van der Waals surface area contributed by atoms with Crippen LogP contribution in [-0.2, 0) is 17.6 Å². The van der Waals surface area contributed by atoms with Gasteiger partial charge in [0, 0.05) is 11.3 Å². The van der Waals surface area contributed by atoms with Crippen LogP contribution in [0.25, 0.3) is 0 Å². The molecule has 2 unspecified atom stereocenters. The van der Waals surface area contributed by atoms with Gasteiger partial charge in [-0.05, 0) is 39.0 Å². The summed E-state index contributed by atoms with van der Waals surface area (Å²) in [7, 11) is 0. The number of aromatic nitrogens is 2. The zero-order valence-electron chi connectivity index (χ0n) is 9.37. The lowest BCUT2D eigenvalue weighted by Crippen LogP contribution is -2.08. The highest BCUT2D eigenvalue weighted by molar-refractivity contribution is 6.30. The van der Waals surface area contributed by atoms with Gasteiger partial charge in [-0.3, -0.25) is 0 Å². The summed E-state index contributed by atoms with van der Waals surface area (Å²) < 4.78 is 5.78. The molecule has 16 heavy (non-hydrogen) atoms. The Balaban J connectivity index is 1.94. The van der Waals surface area contributed by atoms with Gasteiger partial charge in [0.05, 0.1) is 6.10 Å². The highest BCUT2D eigenvalue weighted by Crippen LogP contribution is 2.33. The monoisotopic (exact) mass is 238 g/mol. The van der Waals surface area contributed by atoms with Crippen LogP contribution in [0.1, 0.15) is 49.4 Å². The third-order valence-corrected chi connectivity index (χ3v) is 3.73. The van der Waals surface area contributed by atoms with Gasteiger partial charge < -0.3 is 4.74 Å². The van der Waals surface area contributed by atoms with Crippen molar-refractivity contribution in [2.24, 2.45) is 0 Å². The molecule has 2 heterocycles.